The van der Waals surface area contributed by atoms with E-state index in [1.165, 1.54) is 5.56 Å². The van der Waals surface area contributed by atoms with Crippen LogP contribution in [0, 0.1) is 11.6 Å². The monoisotopic (exact) mass is 434 g/mol. The predicted octanol–water partition coefficient (Wildman–Crippen LogP) is 8.15. The number of rotatable bonds is 7. The van der Waals surface area contributed by atoms with Gasteiger partial charge < -0.3 is 4.74 Å². The molecule has 0 unspecified atom stereocenters. The van der Waals surface area contributed by atoms with Crippen LogP contribution in [0.2, 0.25) is 0 Å². The van der Waals surface area contributed by atoms with E-state index in [0.717, 1.165) is 42.6 Å². The summed E-state index contributed by atoms with van der Waals surface area (Å²) in [7, 11) is 0. The highest BCUT2D eigenvalue weighted by molar-refractivity contribution is 5.33. The standard InChI is InChI=1S/C29H32F2O/c1-3-32-26-15-13-23(14-16-26)22-9-11-24(12-10-22)25-18-28(30)27(29(31)19-25)17-20(2)21-7-5-4-6-8-21/h4-8,13-16,18-20,22,24H,3,9-12,17H2,1-2H3/t20-,22?,24?/m0/s1. The molecule has 0 aromatic heterocycles. The molecule has 1 atom stereocenters. The quantitative estimate of drug-likeness (QED) is 0.364. The molecule has 0 N–H and O–H groups in total. The van der Waals surface area contributed by atoms with Crippen molar-refractivity contribution in [3.8, 4) is 5.75 Å². The molecule has 0 radical (unpaired) electrons. The normalized spacial score (nSPS) is 19.5. The maximum absolute atomic E-state index is 14.9. The highest BCUT2D eigenvalue weighted by Gasteiger charge is 2.25. The summed E-state index contributed by atoms with van der Waals surface area (Å²) >= 11 is 0. The van der Waals surface area contributed by atoms with Gasteiger partial charge in [-0.05, 0) is 97.7 Å². The fourth-order valence-corrected chi connectivity index (χ4v) is 5.02. The van der Waals surface area contributed by atoms with Crippen LogP contribution in [0.5, 0.6) is 5.75 Å². The summed E-state index contributed by atoms with van der Waals surface area (Å²) in [6, 6.07) is 21.4. The zero-order valence-electron chi connectivity index (χ0n) is 19.0. The lowest BCUT2D eigenvalue weighted by Crippen LogP contribution is -2.13. The topological polar surface area (TPSA) is 9.23 Å². The molecule has 3 heteroatoms. The van der Waals surface area contributed by atoms with E-state index in [-0.39, 0.29) is 17.4 Å². The highest BCUT2D eigenvalue weighted by atomic mass is 19.1. The molecule has 1 saturated carbocycles. The van der Waals surface area contributed by atoms with Gasteiger partial charge in [0.05, 0.1) is 6.61 Å². The first kappa shape index (κ1) is 22.5. The van der Waals surface area contributed by atoms with Gasteiger partial charge in [-0.3, -0.25) is 0 Å². The zero-order chi connectivity index (χ0) is 22.5. The zero-order valence-corrected chi connectivity index (χ0v) is 19.0. The van der Waals surface area contributed by atoms with Crippen LogP contribution in [0.4, 0.5) is 8.78 Å². The molecule has 0 amide bonds. The smallest absolute Gasteiger partial charge is 0.129 e. The van der Waals surface area contributed by atoms with Crippen molar-refractivity contribution in [2.45, 2.75) is 63.7 Å². The Morgan fingerprint density at radius 1 is 0.812 bits per heavy atom. The van der Waals surface area contributed by atoms with Gasteiger partial charge in [-0.25, -0.2) is 8.78 Å². The molecular weight excluding hydrogens is 402 g/mol. The first-order chi connectivity index (χ1) is 15.5. The molecule has 1 fully saturated rings. The third-order valence-corrected chi connectivity index (χ3v) is 6.90. The van der Waals surface area contributed by atoms with Gasteiger partial charge >= 0.3 is 0 Å². The van der Waals surface area contributed by atoms with Crippen molar-refractivity contribution in [2.24, 2.45) is 0 Å². The summed E-state index contributed by atoms with van der Waals surface area (Å²) in [6.07, 6.45) is 4.35. The Morgan fingerprint density at radius 2 is 1.38 bits per heavy atom. The lowest BCUT2D eigenvalue weighted by atomic mass is 9.76. The van der Waals surface area contributed by atoms with E-state index < -0.39 is 11.6 Å². The average molecular weight is 435 g/mol. The molecule has 1 nitrogen and oxygen atoms in total. The Bertz CT molecular complexity index is 982. The highest BCUT2D eigenvalue weighted by Crippen LogP contribution is 2.41. The first-order valence-corrected chi connectivity index (χ1v) is 11.8. The minimum atomic E-state index is -0.406. The van der Waals surface area contributed by atoms with Gasteiger partial charge in [0.1, 0.15) is 17.4 Å². The summed E-state index contributed by atoms with van der Waals surface area (Å²) in [6.45, 7) is 4.67. The minimum absolute atomic E-state index is 0.0654. The van der Waals surface area contributed by atoms with Crippen molar-refractivity contribution in [3.63, 3.8) is 0 Å². The molecule has 0 aliphatic heterocycles. The Hall–Kier alpha value is -2.68. The molecule has 3 aromatic carbocycles. The summed E-state index contributed by atoms with van der Waals surface area (Å²) in [5, 5.41) is 0. The summed E-state index contributed by atoms with van der Waals surface area (Å²) in [5.74, 6) is 0.877. The Balaban J connectivity index is 1.40. The van der Waals surface area contributed by atoms with Gasteiger partial charge in [0.15, 0.2) is 0 Å². The van der Waals surface area contributed by atoms with Crippen LogP contribution in [0.15, 0.2) is 66.7 Å². The molecule has 3 aromatic rings. The third kappa shape index (κ3) is 5.20. The fraction of sp³-hybridized carbons (Fsp3) is 0.379. The molecule has 0 spiro atoms. The van der Waals surface area contributed by atoms with Gasteiger partial charge in [0.25, 0.3) is 0 Å². The SMILES string of the molecule is CCOc1ccc(C2CCC(c3cc(F)c(C[C@H](C)c4ccccc4)c(F)c3)CC2)cc1. The molecule has 1 aliphatic rings. The second kappa shape index (κ2) is 10.3. The second-order valence-corrected chi connectivity index (χ2v) is 9.03. The van der Waals surface area contributed by atoms with E-state index in [1.807, 2.05) is 56.3 Å². The maximum Gasteiger partial charge on any atom is 0.129 e. The van der Waals surface area contributed by atoms with E-state index >= 15 is 0 Å². The van der Waals surface area contributed by atoms with Crippen molar-refractivity contribution in [1.29, 1.82) is 0 Å². The van der Waals surface area contributed by atoms with Crippen LogP contribution in [0.25, 0.3) is 0 Å². The van der Waals surface area contributed by atoms with Crippen LogP contribution < -0.4 is 4.74 Å². The van der Waals surface area contributed by atoms with Crippen LogP contribution in [-0.4, -0.2) is 6.61 Å². The lowest BCUT2D eigenvalue weighted by Gasteiger charge is -2.29. The van der Waals surface area contributed by atoms with Crippen LogP contribution in [0.3, 0.4) is 0 Å². The predicted molar refractivity (Wildman–Crippen MR) is 126 cm³/mol. The molecule has 168 valence electrons. The molecule has 0 bridgehead atoms. The molecule has 32 heavy (non-hydrogen) atoms. The minimum Gasteiger partial charge on any atom is -0.494 e. The van der Waals surface area contributed by atoms with Crippen molar-refractivity contribution >= 4 is 0 Å². The van der Waals surface area contributed by atoms with E-state index in [1.54, 1.807) is 12.1 Å². The first-order valence-electron chi connectivity index (χ1n) is 11.8. The second-order valence-electron chi connectivity index (χ2n) is 9.03. The van der Waals surface area contributed by atoms with E-state index in [9.17, 15) is 8.78 Å². The van der Waals surface area contributed by atoms with Crippen LogP contribution in [-0.2, 0) is 6.42 Å². The Kier molecular flexibility index (Phi) is 7.24. The van der Waals surface area contributed by atoms with Crippen LogP contribution in [0.1, 0.15) is 79.5 Å². The molecule has 4 rings (SSSR count). The number of ether oxygens (including phenoxy) is 1. The molecule has 0 saturated heterocycles. The van der Waals surface area contributed by atoms with Gasteiger partial charge in [0.2, 0.25) is 0 Å². The Morgan fingerprint density at radius 3 is 1.94 bits per heavy atom. The van der Waals surface area contributed by atoms with Crippen molar-refractivity contribution in [2.75, 3.05) is 6.61 Å². The number of benzene rings is 3. The summed E-state index contributed by atoms with van der Waals surface area (Å²) < 4.78 is 35.4. The number of hydrogen-bond donors (Lipinski definition) is 0. The van der Waals surface area contributed by atoms with Crippen LogP contribution >= 0.6 is 0 Å². The summed E-state index contributed by atoms with van der Waals surface area (Å²) in [5.41, 5.74) is 3.44. The van der Waals surface area contributed by atoms with Gasteiger partial charge in [0, 0.05) is 5.56 Å². The third-order valence-electron chi connectivity index (χ3n) is 6.90. The number of halogens is 2. The van der Waals surface area contributed by atoms with Gasteiger partial charge in [-0.2, -0.15) is 0 Å². The van der Waals surface area contributed by atoms with Crippen molar-refractivity contribution in [3.05, 3.63) is 101 Å². The fourth-order valence-electron chi connectivity index (χ4n) is 5.02. The largest absolute Gasteiger partial charge is 0.494 e. The number of hydrogen-bond acceptors (Lipinski definition) is 1. The van der Waals surface area contributed by atoms with Gasteiger partial charge in [-0.15, -0.1) is 0 Å². The van der Waals surface area contributed by atoms with E-state index in [0.29, 0.717) is 18.9 Å². The Labute approximate surface area is 190 Å². The van der Waals surface area contributed by atoms with E-state index in [2.05, 4.69) is 12.1 Å². The van der Waals surface area contributed by atoms with Gasteiger partial charge in [-0.1, -0.05) is 49.4 Å². The molecular formula is C29H32F2O. The molecule has 1 aliphatic carbocycles. The maximum atomic E-state index is 14.9. The van der Waals surface area contributed by atoms with Crippen molar-refractivity contribution < 1.29 is 13.5 Å². The van der Waals surface area contributed by atoms with E-state index in [4.69, 9.17) is 4.74 Å². The lowest BCUT2D eigenvalue weighted by molar-refractivity contribution is 0.339. The average Bonchev–Trinajstić information content (AvgIpc) is 2.82. The molecule has 0 heterocycles. The summed E-state index contributed by atoms with van der Waals surface area (Å²) in [4.78, 5) is 0. The van der Waals surface area contributed by atoms with Crippen molar-refractivity contribution in [1.82, 2.24) is 0 Å².